The number of carbonyl (C=O) groups excluding carboxylic acids is 2. The van der Waals surface area contributed by atoms with Gasteiger partial charge in [-0.3, -0.25) is 14.5 Å². The van der Waals surface area contributed by atoms with Gasteiger partial charge in [0.05, 0.1) is 29.4 Å². The molecule has 24 heavy (non-hydrogen) atoms. The van der Waals surface area contributed by atoms with E-state index in [4.69, 9.17) is 32.7 Å². The summed E-state index contributed by atoms with van der Waals surface area (Å²) in [6.07, 6.45) is 0. The first-order valence-electron chi connectivity index (χ1n) is 7.57. The molecule has 2 bridgehead atoms. The number of ether oxygens (including phenoxy) is 2. The Kier molecular flexibility index (Phi) is 3.55. The number of amides is 2. The molecule has 1 aromatic rings. The lowest BCUT2D eigenvalue weighted by molar-refractivity contribution is -0.235. The SMILES string of the molecule is COC1(OC)[C@@H]2C(Cl)=C(Cl)[C@H]1[C@H]1C(=O)N(c3ccccc3)C(=O)[C@H]12. The van der Waals surface area contributed by atoms with Crippen molar-refractivity contribution in [3.8, 4) is 0 Å². The third-order valence-electron chi connectivity index (χ3n) is 5.41. The van der Waals surface area contributed by atoms with Crippen LogP contribution in [-0.4, -0.2) is 31.8 Å². The quantitative estimate of drug-likeness (QED) is 0.608. The van der Waals surface area contributed by atoms with E-state index in [9.17, 15) is 9.59 Å². The number of nitrogens with zero attached hydrogens (tertiary/aromatic N) is 1. The number of fused-ring (bicyclic) bond motifs is 5. The molecule has 0 aromatic heterocycles. The molecule has 2 fully saturated rings. The van der Waals surface area contributed by atoms with Crippen molar-refractivity contribution >= 4 is 40.7 Å². The Balaban J connectivity index is 1.83. The van der Waals surface area contributed by atoms with E-state index in [0.717, 1.165) is 0 Å². The van der Waals surface area contributed by atoms with Crippen molar-refractivity contribution in [1.82, 2.24) is 0 Å². The Labute approximate surface area is 149 Å². The average Bonchev–Trinajstić information content (AvgIpc) is 3.12. The Morgan fingerprint density at radius 3 is 1.79 bits per heavy atom. The van der Waals surface area contributed by atoms with Crippen LogP contribution in [0.5, 0.6) is 0 Å². The van der Waals surface area contributed by atoms with Gasteiger partial charge in [-0.05, 0) is 12.1 Å². The molecule has 7 heteroatoms. The molecular weight excluding hydrogens is 353 g/mol. The largest absolute Gasteiger partial charge is 0.352 e. The van der Waals surface area contributed by atoms with Crippen molar-refractivity contribution in [3.05, 3.63) is 40.4 Å². The number of benzene rings is 1. The summed E-state index contributed by atoms with van der Waals surface area (Å²) < 4.78 is 11.2. The van der Waals surface area contributed by atoms with E-state index in [1.165, 1.54) is 19.1 Å². The molecule has 0 unspecified atom stereocenters. The van der Waals surface area contributed by atoms with Gasteiger partial charge in [-0.2, -0.15) is 0 Å². The average molecular weight is 368 g/mol. The highest BCUT2D eigenvalue weighted by Crippen LogP contribution is 2.66. The topological polar surface area (TPSA) is 55.8 Å². The second-order valence-corrected chi connectivity index (χ2v) is 6.99. The van der Waals surface area contributed by atoms with Crippen LogP contribution >= 0.6 is 23.2 Å². The fourth-order valence-corrected chi connectivity index (χ4v) is 5.31. The van der Waals surface area contributed by atoms with Crippen LogP contribution in [0.25, 0.3) is 0 Å². The second kappa shape index (κ2) is 5.30. The van der Waals surface area contributed by atoms with E-state index in [1.807, 2.05) is 6.07 Å². The number of rotatable bonds is 3. The third-order valence-corrected chi connectivity index (χ3v) is 6.38. The van der Waals surface area contributed by atoms with E-state index in [0.29, 0.717) is 15.8 Å². The Bertz CT molecular complexity index is 719. The number of carbonyl (C=O) groups is 2. The Morgan fingerprint density at radius 2 is 1.38 bits per heavy atom. The first-order valence-corrected chi connectivity index (χ1v) is 8.33. The molecule has 1 saturated heterocycles. The van der Waals surface area contributed by atoms with E-state index < -0.39 is 29.5 Å². The van der Waals surface area contributed by atoms with Crippen LogP contribution in [-0.2, 0) is 19.1 Å². The summed E-state index contributed by atoms with van der Waals surface area (Å²) in [5.41, 5.74) is 0.550. The molecule has 2 amide bonds. The first-order chi connectivity index (χ1) is 11.5. The van der Waals surface area contributed by atoms with Gasteiger partial charge in [0, 0.05) is 24.3 Å². The number of methoxy groups -OCH3 is 2. The molecule has 4 rings (SSSR count). The summed E-state index contributed by atoms with van der Waals surface area (Å²) in [7, 11) is 2.96. The monoisotopic (exact) mass is 367 g/mol. The fraction of sp³-hybridized carbons (Fsp3) is 0.412. The molecule has 1 aliphatic heterocycles. The smallest absolute Gasteiger partial charge is 0.238 e. The van der Waals surface area contributed by atoms with Gasteiger partial charge >= 0.3 is 0 Å². The van der Waals surface area contributed by atoms with Crippen LogP contribution < -0.4 is 4.90 Å². The van der Waals surface area contributed by atoms with Crippen molar-refractivity contribution in [1.29, 1.82) is 0 Å². The molecule has 1 aromatic carbocycles. The van der Waals surface area contributed by atoms with Crippen molar-refractivity contribution in [2.24, 2.45) is 23.7 Å². The van der Waals surface area contributed by atoms with Gasteiger partial charge in [0.1, 0.15) is 0 Å². The maximum atomic E-state index is 13.0. The van der Waals surface area contributed by atoms with Crippen molar-refractivity contribution in [2.75, 3.05) is 19.1 Å². The summed E-state index contributed by atoms with van der Waals surface area (Å²) in [6.45, 7) is 0. The maximum Gasteiger partial charge on any atom is 0.238 e. The zero-order valence-electron chi connectivity index (χ0n) is 13.0. The number of anilines is 1. The van der Waals surface area contributed by atoms with E-state index >= 15 is 0 Å². The zero-order chi connectivity index (χ0) is 17.2. The van der Waals surface area contributed by atoms with Gasteiger partial charge in [-0.25, -0.2) is 0 Å². The number of para-hydroxylation sites is 1. The molecule has 1 heterocycles. The first kappa shape index (κ1) is 16.1. The van der Waals surface area contributed by atoms with Gasteiger partial charge in [0.2, 0.25) is 11.8 Å². The van der Waals surface area contributed by atoms with Gasteiger partial charge in [-0.15, -0.1) is 0 Å². The molecule has 4 atom stereocenters. The molecule has 0 radical (unpaired) electrons. The third kappa shape index (κ3) is 1.68. The van der Waals surface area contributed by atoms with Gasteiger partial charge < -0.3 is 9.47 Å². The molecule has 1 saturated carbocycles. The zero-order valence-corrected chi connectivity index (χ0v) is 14.5. The number of imide groups is 1. The normalized spacial score (nSPS) is 33.6. The number of halogens is 2. The van der Waals surface area contributed by atoms with E-state index in [1.54, 1.807) is 24.3 Å². The summed E-state index contributed by atoms with van der Waals surface area (Å²) in [5, 5.41) is 0.699. The second-order valence-electron chi connectivity index (χ2n) is 6.18. The van der Waals surface area contributed by atoms with E-state index in [-0.39, 0.29) is 11.8 Å². The lowest BCUT2D eigenvalue weighted by Gasteiger charge is -2.34. The summed E-state index contributed by atoms with van der Waals surface area (Å²) in [4.78, 5) is 27.3. The Hall–Kier alpha value is -1.40. The highest BCUT2D eigenvalue weighted by molar-refractivity contribution is 6.41. The minimum Gasteiger partial charge on any atom is -0.352 e. The van der Waals surface area contributed by atoms with Crippen LogP contribution in [0.3, 0.4) is 0 Å². The molecule has 5 nitrogen and oxygen atoms in total. The van der Waals surface area contributed by atoms with Gasteiger partial charge in [-0.1, -0.05) is 41.4 Å². The van der Waals surface area contributed by atoms with Crippen LogP contribution in [0.1, 0.15) is 0 Å². The van der Waals surface area contributed by atoms with Crippen LogP contribution in [0.4, 0.5) is 5.69 Å². The standard InChI is InChI=1S/C17H15Cl2NO4/c1-23-17(24-2)11-9-10(12(17)14(19)13(11)18)16(22)20(15(9)21)8-6-4-3-5-7-8/h3-7,9-12H,1-2H3/t9-,10+,11+,12-. The predicted octanol–water partition coefficient (Wildman–Crippen LogP) is 2.73. The van der Waals surface area contributed by atoms with E-state index in [2.05, 4.69) is 0 Å². The summed E-state index contributed by atoms with van der Waals surface area (Å²) in [6, 6.07) is 8.86. The number of hydrogen-bond donors (Lipinski definition) is 0. The van der Waals surface area contributed by atoms with Crippen molar-refractivity contribution in [3.63, 3.8) is 0 Å². The molecule has 2 aliphatic carbocycles. The Morgan fingerprint density at radius 1 is 0.917 bits per heavy atom. The van der Waals surface area contributed by atoms with Crippen LogP contribution in [0.15, 0.2) is 40.4 Å². The number of hydrogen-bond acceptors (Lipinski definition) is 4. The molecular formula is C17H15Cl2NO4. The van der Waals surface area contributed by atoms with Crippen LogP contribution in [0.2, 0.25) is 0 Å². The van der Waals surface area contributed by atoms with Gasteiger partial charge in [0.15, 0.2) is 5.79 Å². The molecule has 0 N–H and O–H groups in total. The van der Waals surface area contributed by atoms with Crippen LogP contribution in [0, 0.1) is 23.7 Å². The molecule has 126 valence electrons. The minimum absolute atomic E-state index is 0.288. The van der Waals surface area contributed by atoms with Crippen molar-refractivity contribution < 1.29 is 19.1 Å². The van der Waals surface area contributed by atoms with Crippen molar-refractivity contribution in [2.45, 2.75) is 5.79 Å². The lowest BCUT2D eigenvalue weighted by atomic mass is 9.85. The lowest BCUT2D eigenvalue weighted by Crippen LogP contribution is -2.46. The summed E-state index contributed by atoms with van der Waals surface area (Å²) >= 11 is 12.8. The molecule has 0 spiro atoms. The predicted molar refractivity (Wildman–Crippen MR) is 88.4 cm³/mol. The fourth-order valence-electron chi connectivity index (χ4n) is 4.50. The molecule has 3 aliphatic rings. The minimum atomic E-state index is -1.17. The van der Waals surface area contributed by atoms with Gasteiger partial charge in [0.25, 0.3) is 0 Å². The summed E-state index contributed by atoms with van der Waals surface area (Å²) in [5.74, 6) is -4.16. The highest BCUT2D eigenvalue weighted by Gasteiger charge is 2.75. The highest BCUT2D eigenvalue weighted by atomic mass is 35.5. The maximum absolute atomic E-state index is 13.0.